The van der Waals surface area contributed by atoms with Gasteiger partial charge in [0.05, 0.1) is 0 Å². The van der Waals surface area contributed by atoms with E-state index in [2.05, 4.69) is 17.2 Å². The van der Waals surface area contributed by atoms with Gasteiger partial charge in [-0.05, 0) is 44.9 Å². The maximum absolute atomic E-state index is 12.1. The van der Waals surface area contributed by atoms with Gasteiger partial charge < -0.3 is 15.5 Å². The molecule has 0 aromatic carbocycles. The highest BCUT2D eigenvalue weighted by atomic mass is 16.2. The average Bonchev–Trinajstić information content (AvgIpc) is 3.10. The number of amides is 3. The minimum Gasteiger partial charge on any atom is -0.352 e. The third-order valence-electron chi connectivity index (χ3n) is 3.85. The molecule has 20 heavy (non-hydrogen) atoms. The first-order chi connectivity index (χ1) is 9.72. The van der Waals surface area contributed by atoms with Gasteiger partial charge in [-0.1, -0.05) is 6.08 Å². The number of likely N-dealkylation sites (tertiary alicyclic amines) is 1. The van der Waals surface area contributed by atoms with Gasteiger partial charge in [0.25, 0.3) is 0 Å². The van der Waals surface area contributed by atoms with Crippen LogP contribution in [-0.2, 0) is 4.79 Å². The van der Waals surface area contributed by atoms with Gasteiger partial charge in [-0.15, -0.1) is 6.58 Å². The van der Waals surface area contributed by atoms with E-state index in [0.29, 0.717) is 19.1 Å². The number of hydrogen-bond acceptors (Lipinski definition) is 2. The molecule has 0 spiro atoms. The number of nitrogens with zero attached hydrogens (tertiary/aromatic N) is 1. The Hall–Kier alpha value is -1.52. The van der Waals surface area contributed by atoms with Crippen LogP contribution in [0.3, 0.4) is 0 Å². The molecule has 5 nitrogen and oxygen atoms in total. The number of rotatable bonds is 7. The van der Waals surface area contributed by atoms with Gasteiger partial charge in [-0.3, -0.25) is 4.79 Å². The van der Waals surface area contributed by atoms with Crippen LogP contribution in [0.2, 0.25) is 0 Å². The molecule has 0 bridgehead atoms. The van der Waals surface area contributed by atoms with Crippen molar-refractivity contribution in [2.24, 2.45) is 0 Å². The van der Waals surface area contributed by atoms with Crippen molar-refractivity contribution >= 4 is 11.9 Å². The van der Waals surface area contributed by atoms with Crippen LogP contribution in [0.1, 0.15) is 44.9 Å². The fraction of sp³-hybridized carbons (Fsp3) is 0.733. The van der Waals surface area contributed by atoms with Crippen molar-refractivity contribution in [3.05, 3.63) is 12.7 Å². The summed E-state index contributed by atoms with van der Waals surface area (Å²) in [7, 11) is 0. The van der Waals surface area contributed by atoms with E-state index >= 15 is 0 Å². The molecule has 2 aliphatic rings. The summed E-state index contributed by atoms with van der Waals surface area (Å²) in [6, 6.07) is -0.0206. The maximum Gasteiger partial charge on any atom is 0.318 e. The Labute approximate surface area is 120 Å². The van der Waals surface area contributed by atoms with Gasteiger partial charge in [0.2, 0.25) is 5.91 Å². The van der Waals surface area contributed by atoms with Crippen molar-refractivity contribution in [2.45, 2.75) is 57.0 Å². The summed E-state index contributed by atoms with van der Waals surface area (Å²) >= 11 is 0. The highest BCUT2D eigenvalue weighted by Crippen LogP contribution is 2.22. The SMILES string of the molecule is C=CCCCCNC(=O)N1CCC[C@H]1C(=O)NC1CC1. The van der Waals surface area contributed by atoms with Crippen LogP contribution in [0, 0.1) is 0 Å². The molecule has 1 aliphatic heterocycles. The zero-order valence-corrected chi connectivity index (χ0v) is 12.1. The number of allylic oxidation sites excluding steroid dienone is 1. The van der Waals surface area contributed by atoms with E-state index in [-0.39, 0.29) is 18.0 Å². The minimum absolute atomic E-state index is 0.0202. The lowest BCUT2D eigenvalue weighted by molar-refractivity contribution is -0.124. The van der Waals surface area contributed by atoms with Crippen LogP contribution >= 0.6 is 0 Å². The van der Waals surface area contributed by atoms with Crippen molar-refractivity contribution in [3.8, 4) is 0 Å². The maximum atomic E-state index is 12.1. The third kappa shape index (κ3) is 4.25. The van der Waals surface area contributed by atoms with E-state index in [0.717, 1.165) is 44.9 Å². The summed E-state index contributed by atoms with van der Waals surface area (Å²) in [4.78, 5) is 25.9. The van der Waals surface area contributed by atoms with Crippen LogP contribution in [0.25, 0.3) is 0 Å². The Morgan fingerprint density at radius 2 is 2.05 bits per heavy atom. The molecule has 0 aromatic heterocycles. The molecule has 1 saturated heterocycles. The van der Waals surface area contributed by atoms with E-state index < -0.39 is 0 Å². The number of unbranched alkanes of at least 4 members (excludes halogenated alkanes) is 2. The quantitative estimate of drug-likeness (QED) is 0.551. The minimum atomic E-state index is -0.274. The van der Waals surface area contributed by atoms with Crippen molar-refractivity contribution in [2.75, 3.05) is 13.1 Å². The van der Waals surface area contributed by atoms with E-state index in [4.69, 9.17) is 0 Å². The van der Waals surface area contributed by atoms with Crippen molar-refractivity contribution in [3.63, 3.8) is 0 Å². The molecule has 1 aliphatic carbocycles. The molecule has 0 radical (unpaired) electrons. The highest BCUT2D eigenvalue weighted by molar-refractivity contribution is 5.88. The molecular weight excluding hydrogens is 254 g/mol. The summed E-state index contributed by atoms with van der Waals surface area (Å²) < 4.78 is 0. The summed E-state index contributed by atoms with van der Waals surface area (Å²) in [6.45, 7) is 5.02. The van der Waals surface area contributed by atoms with Crippen LogP contribution in [0.4, 0.5) is 4.79 Å². The third-order valence-corrected chi connectivity index (χ3v) is 3.85. The highest BCUT2D eigenvalue weighted by Gasteiger charge is 2.36. The Balaban J connectivity index is 1.72. The first kappa shape index (κ1) is 14.9. The average molecular weight is 279 g/mol. The smallest absolute Gasteiger partial charge is 0.318 e. The second-order valence-corrected chi connectivity index (χ2v) is 5.65. The molecule has 2 rings (SSSR count). The topological polar surface area (TPSA) is 61.4 Å². The van der Waals surface area contributed by atoms with Crippen LogP contribution < -0.4 is 10.6 Å². The van der Waals surface area contributed by atoms with E-state index in [1.54, 1.807) is 4.90 Å². The van der Waals surface area contributed by atoms with Crippen LogP contribution in [0.5, 0.6) is 0 Å². The Morgan fingerprint density at radius 1 is 1.25 bits per heavy atom. The number of nitrogens with one attached hydrogen (secondary N) is 2. The molecule has 3 amide bonds. The fourth-order valence-corrected chi connectivity index (χ4v) is 2.52. The zero-order valence-electron chi connectivity index (χ0n) is 12.1. The molecule has 2 fully saturated rings. The van der Waals surface area contributed by atoms with Crippen LogP contribution in [-0.4, -0.2) is 42.0 Å². The van der Waals surface area contributed by atoms with E-state index in [1.807, 2.05) is 6.08 Å². The lowest BCUT2D eigenvalue weighted by Crippen LogP contribution is -2.50. The molecule has 1 saturated carbocycles. The molecule has 0 unspecified atom stereocenters. The Morgan fingerprint density at radius 3 is 2.75 bits per heavy atom. The van der Waals surface area contributed by atoms with Crippen molar-refractivity contribution < 1.29 is 9.59 Å². The van der Waals surface area contributed by atoms with E-state index in [9.17, 15) is 9.59 Å². The van der Waals surface area contributed by atoms with Gasteiger partial charge in [-0.25, -0.2) is 4.79 Å². The molecule has 0 aromatic rings. The Kier molecular flexibility index (Phi) is 5.44. The largest absolute Gasteiger partial charge is 0.352 e. The summed E-state index contributed by atoms with van der Waals surface area (Å²) in [5.74, 6) is 0.0202. The van der Waals surface area contributed by atoms with Gasteiger partial charge in [0, 0.05) is 19.1 Å². The predicted octanol–water partition coefficient (Wildman–Crippen LogP) is 1.80. The van der Waals surface area contributed by atoms with Crippen molar-refractivity contribution in [1.29, 1.82) is 0 Å². The molecule has 1 heterocycles. The van der Waals surface area contributed by atoms with Gasteiger partial charge in [0.15, 0.2) is 0 Å². The van der Waals surface area contributed by atoms with E-state index in [1.165, 1.54) is 0 Å². The fourth-order valence-electron chi connectivity index (χ4n) is 2.52. The molecular formula is C15H25N3O2. The van der Waals surface area contributed by atoms with Gasteiger partial charge in [-0.2, -0.15) is 0 Å². The first-order valence-corrected chi connectivity index (χ1v) is 7.68. The zero-order chi connectivity index (χ0) is 14.4. The molecule has 112 valence electrons. The van der Waals surface area contributed by atoms with Gasteiger partial charge >= 0.3 is 6.03 Å². The molecule has 2 N–H and O–H groups in total. The number of urea groups is 1. The normalized spacial score (nSPS) is 21.6. The summed E-state index contributed by atoms with van der Waals surface area (Å²) in [5, 5.41) is 5.90. The predicted molar refractivity (Wildman–Crippen MR) is 78.3 cm³/mol. The second kappa shape index (κ2) is 7.31. The van der Waals surface area contributed by atoms with Gasteiger partial charge in [0.1, 0.15) is 6.04 Å². The Bertz CT molecular complexity index is 366. The second-order valence-electron chi connectivity index (χ2n) is 5.65. The summed E-state index contributed by atoms with van der Waals surface area (Å²) in [6.07, 6.45) is 8.70. The first-order valence-electron chi connectivity index (χ1n) is 7.68. The lowest BCUT2D eigenvalue weighted by Gasteiger charge is -2.24. The number of hydrogen-bond donors (Lipinski definition) is 2. The standard InChI is InChI=1S/C15H25N3O2/c1-2-3-4-5-10-16-15(20)18-11-6-7-13(18)14(19)17-12-8-9-12/h2,12-13H,1,3-11H2,(H,16,20)(H,17,19)/t13-/m0/s1. The molecule has 5 heteroatoms. The van der Waals surface area contributed by atoms with Crippen LogP contribution in [0.15, 0.2) is 12.7 Å². The lowest BCUT2D eigenvalue weighted by atomic mass is 10.2. The summed E-state index contributed by atoms with van der Waals surface area (Å²) in [5.41, 5.74) is 0. The van der Waals surface area contributed by atoms with Crippen molar-refractivity contribution in [1.82, 2.24) is 15.5 Å². The molecule has 1 atom stereocenters. The number of carbonyl (C=O) groups is 2. The monoisotopic (exact) mass is 279 g/mol. The number of carbonyl (C=O) groups excluding carboxylic acids is 2.